The van der Waals surface area contributed by atoms with Gasteiger partial charge in [-0.2, -0.15) is 0 Å². The molecule has 10 heteroatoms. The second kappa shape index (κ2) is 10.8. The second-order valence-electron chi connectivity index (χ2n) is 8.36. The Morgan fingerprint density at radius 1 is 0.943 bits per heavy atom. The summed E-state index contributed by atoms with van der Waals surface area (Å²) in [5.41, 5.74) is 0.107. The first-order valence-electron chi connectivity index (χ1n) is 11.3. The number of hydrogen-bond donors (Lipinski definition) is 3. The van der Waals surface area contributed by atoms with Gasteiger partial charge in [-0.05, 0) is 61.4 Å². The minimum Gasteiger partial charge on any atom is -0.487 e. The summed E-state index contributed by atoms with van der Waals surface area (Å²) in [7, 11) is 0. The number of rotatable bonds is 8. The van der Waals surface area contributed by atoms with Crippen molar-refractivity contribution in [3.8, 4) is 5.75 Å². The normalized spacial score (nSPS) is 17.7. The van der Waals surface area contributed by atoms with Gasteiger partial charge in [0.25, 0.3) is 11.8 Å². The van der Waals surface area contributed by atoms with Crippen LogP contribution in [0.25, 0.3) is 10.1 Å². The maximum Gasteiger partial charge on any atom is 0.306 e. The minimum absolute atomic E-state index is 0.0207. The molecule has 0 bridgehead atoms. The van der Waals surface area contributed by atoms with Gasteiger partial charge in [-0.15, -0.1) is 11.3 Å². The predicted molar refractivity (Wildman–Crippen MR) is 127 cm³/mol. The molecule has 1 aromatic heterocycles. The van der Waals surface area contributed by atoms with Gasteiger partial charge in [0.2, 0.25) is 0 Å². The Hall–Kier alpha value is -3.53. The number of benzene rings is 2. The van der Waals surface area contributed by atoms with Crippen LogP contribution < -0.4 is 15.4 Å². The molecule has 3 aromatic rings. The molecule has 1 fully saturated rings. The number of aliphatic carboxylic acids is 1. The molecule has 2 amide bonds. The molecule has 1 aliphatic rings. The van der Waals surface area contributed by atoms with Gasteiger partial charge in [0.15, 0.2) is 11.6 Å². The number of fused-ring (bicyclic) bond motifs is 1. The molecule has 1 saturated carbocycles. The molecule has 0 spiro atoms. The lowest BCUT2D eigenvalue weighted by Gasteiger charge is -2.27. The molecule has 3 N–H and O–H groups in total. The van der Waals surface area contributed by atoms with Gasteiger partial charge < -0.3 is 20.5 Å². The highest BCUT2D eigenvalue weighted by Gasteiger charge is 2.27. The Labute approximate surface area is 204 Å². The van der Waals surface area contributed by atoms with E-state index < -0.39 is 17.7 Å². The number of thiophene rings is 1. The summed E-state index contributed by atoms with van der Waals surface area (Å²) in [6.45, 7) is 0.264. The fourth-order valence-electron chi connectivity index (χ4n) is 4.03. The van der Waals surface area contributed by atoms with Gasteiger partial charge in [0, 0.05) is 18.7 Å². The van der Waals surface area contributed by atoms with E-state index in [1.165, 1.54) is 18.2 Å². The third-order valence-corrected chi connectivity index (χ3v) is 7.09. The molecule has 2 aromatic carbocycles. The Bertz CT molecular complexity index is 1250. The smallest absolute Gasteiger partial charge is 0.306 e. The van der Waals surface area contributed by atoms with Crippen LogP contribution in [0, 0.1) is 17.6 Å². The molecule has 0 aliphatic heterocycles. The lowest BCUT2D eigenvalue weighted by Crippen LogP contribution is -2.34. The Balaban J connectivity index is 1.23. The zero-order chi connectivity index (χ0) is 24.9. The summed E-state index contributed by atoms with van der Waals surface area (Å²) in [5.74, 6) is -3.12. The van der Waals surface area contributed by atoms with Gasteiger partial charge in [-0.25, -0.2) is 8.78 Å². The molecule has 7 nitrogen and oxygen atoms in total. The van der Waals surface area contributed by atoms with E-state index in [4.69, 9.17) is 9.84 Å². The van der Waals surface area contributed by atoms with Crippen molar-refractivity contribution in [2.75, 3.05) is 13.1 Å². The maximum atomic E-state index is 14.5. The largest absolute Gasteiger partial charge is 0.487 e. The van der Waals surface area contributed by atoms with Gasteiger partial charge in [-0.1, -0.05) is 12.1 Å². The van der Waals surface area contributed by atoms with E-state index in [-0.39, 0.29) is 48.1 Å². The number of carbonyl (C=O) groups is 3. The maximum absolute atomic E-state index is 14.5. The van der Waals surface area contributed by atoms with Crippen LogP contribution >= 0.6 is 11.3 Å². The molecule has 1 aliphatic carbocycles. The lowest BCUT2D eigenvalue weighted by atomic mass is 9.87. The van der Waals surface area contributed by atoms with Crippen molar-refractivity contribution in [3.63, 3.8) is 0 Å². The number of carboxylic acids is 1. The molecular formula is C25H24F2N2O5S. The third-order valence-electron chi connectivity index (χ3n) is 5.93. The summed E-state index contributed by atoms with van der Waals surface area (Å²) in [4.78, 5) is 36.1. The SMILES string of the molecule is O=C(NCCNC(=O)c1cc2cccc(F)c2s1)c1ccc(O[C@H]2CC[C@@H](C(=O)O)CC2)c(F)c1. The van der Waals surface area contributed by atoms with Crippen molar-refractivity contribution in [1.29, 1.82) is 0 Å². The van der Waals surface area contributed by atoms with Crippen LogP contribution in [0.1, 0.15) is 45.7 Å². The second-order valence-corrected chi connectivity index (χ2v) is 9.41. The van der Waals surface area contributed by atoms with E-state index >= 15 is 0 Å². The first kappa shape index (κ1) is 24.6. The predicted octanol–water partition coefficient (Wildman–Crippen LogP) is 4.36. The van der Waals surface area contributed by atoms with E-state index in [0.29, 0.717) is 40.6 Å². The Kier molecular flexibility index (Phi) is 7.60. The molecule has 0 saturated heterocycles. The third kappa shape index (κ3) is 5.94. The first-order chi connectivity index (χ1) is 16.8. The van der Waals surface area contributed by atoms with Gasteiger partial charge in [0.05, 0.1) is 21.6 Å². The summed E-state index contributed by atoms with van der Waals surface area (Å²) in [6, 6.07) is 10.2. The van der Waals surface area contributed by atoms with Crippen molar-refractivity contribution in [2.45, 2.75) is 31.8 Å². The van der Waals surface area contributed by atoms with Crippen LogP contribution in [0.4, 0.5) is 8.78 Å². The zero-order valence-corrected chi connectivity index (χ0v) is 19.5. The van der Waals surface area contributed by atoms with Crippen molar-refractivity contribution in [1.82, 2.24) is 10.6 Å². The summed E-state index contributed by atoms with van der Waals surface area (Å²) >= 11 is 1.06. The number of halogens is 2. The van der Waals surface area contributed by atoms with Crippen LogP contribution in [0.2, 0.25) is 0 Å². The van der Waals surface area contributed by atoms with Crippen LogP contribution in [0.3, 0.4) is 0 Å². The Morgan fingerprint density at radius 2 is 1.66 bits per heavy atom. The summed E-state index contributed by atoms with van der Waals surface area (Å²) in [6.07, 6.45) is 1.76. The first-order valence-corrected chi connectivity index (χ1v) is 12.1. The molecule has 0 atom stereocenters. The van der Waals surface area contributed by atoms with E-state index in [1.54, 1.807) is 18.2 Å². The van der Waals surface area contributed by atoms with Crippen LogP contribution in [0.15, 0.2) is 42.5 Å². The van der Waals surface area contributed by atoms with Gasteiger partial charge in [0.1, 0.15) is 5.82 Å². The van der Waals surface area contributed by atoms with Crippen molar-refractivity contribution < 1.29 is 33.0 Å². The average molecular weight is 503 g/mol. The van der Waals surface area contributed by atoms with Crippen LogP contribution in [-0.2, 0) is 4.79 Å². The highest BCUT2D eigenvalue weighted by atomic mass is 32.1. The van der Waals surface area contributed by atoms with Gasteiger partial charge >= 0.3 is 5.97 Å². The van der Waals surface area contributed by atoms with Crippen molar-refractivity contribution in [3.05, 3.63) is 64.5 Å². The highest BCUT2D eigenvalue weighted by molar-refractivity contribution is 7.20. The molecule has 35 heavy (non-hydrogen) atoms. The van der Waals surface area contributed by atoms with Crippen molar-refractivity contribution >= 4 is 39.2 Å². The van der Waals surface area contributed by atoms with E-state index in [0.717, 1.165) is 17.4 Å². The van der Waals surface area contributed by atoms with E-state index in [2.05, 4.69) is 10.6 Å². The average Bonchev–Trinajstić information content (AvgIpc) is 3.29. The molecule has 0 radical (unpaired) electrons. The number of hydrogen-bond acceptors (Lipinski definition) is 5. The monoisotopic (exact) mass is 502 g/mol. The lowest BCUT2D eigenvalue weighted by molar-refractivity contribution is -0.143. The molecule has 184 valence electrons. The number of ether oxygens (including phenoxy) is 1. The molecule has 4 rings (SSSR count). The quantitative estimate of drug-likeness (QED) is 0.397. The molecule has 0 unspecified atom stereocenters. The summed E-state index contributed by atoms with van der Waals surface area (Å²) in [5, 5.41) is 15.0. The van der Waals surface area contributed by atoms with Gasteiger partial charge in [-0.3, -0.25) is 14.4 Å². The zero-order valence-electron chi connectivity index (χ0n) is 18.7. The number of amides is 2. The molecule has 1 heterocycles. The highest BCUT2D eigenvalue weighted by Crippen LogP contribution is 2.30. The van der Waals surface area contributed by atoms with Crippen molar-refractivity contribution in [2.24, 2.45) is 5.92 Å². The number of carboxylic acid groups (broad SMARTS) is 1. The fraction of sp³-hybridized carbons (Fsp3) is 0.320. The molecular weight excluding hydrogens is 478 g/mol. The standard InChI is InChI=1S/C25H24F2N2O5S/c26-18-3-1-2-15-13-21(35-22(15)18)24(31)29-11-10-28-23(30)16-6-9-20(19(27)12-16)34-17-7-4-14(5-8-17)25(32)33/h1-3,6,9,12-14,17H,4-5,7-8,10-11H2,(H,28,30)(H,29,31)(H,32,33)/t14-,17+. The number of nitrogens with one attached hydrogen (secondary N) is 2. The summed E-state index contributed by atoms with van der Waals surface area (Å²) < 4.78 is 34.4. The Morgan fingerprint density at radius 3 is 2.31 bits per heavy atom. The fourth-order valence-corrected chi connectivity index (χ4v) is 5.01. The van der Waals surface area contributed by atoms with E-state index in [1.807, 2.05) is 0 Å². The van der Waals surface area contributed by atoms with Crippen LogP contribution in [0.5, 0.6) is 5.75 Å². The van der Waals surface area contributed by atoms with Crippen LogP contribution in [-0.4, -0.2) is 42.1 Å². The topological polar surface area (TPSA) is 105 Å². The minimum atomic E-state index is -0.819. The number of carbonyl (C=O) groups excluding carboxylic acids is 2. The van der Waals surface area contributed by atoms with E-state index in [9.17, 15) is 23.2 Å².